The molecule has 1 aliphatic rings. The first-order valence-electron chi connectivity index (χ1n) is 6.67. The minimum Gasteiger partial charge on any atom is -0.325 e. The minimum atomic E-state index is 0.521. The molecule has 0 radical (unpaired) electrons. The molecule has 98 valence electrons. The summed E-state index contributed by atoms with van der Waals surface area (Å²) in [7, 11) is 2.18. The van der Waals surface area contributed by atoms with E-state index in [1.807, 2.05) is 24.4 Å². The van der Waals surface area contributed by atoms with Crippen LogP contribution in [0.2, 0.25) is 0 Å². The van der Waals surface area contributed by atoms with Gasteiger partial charge in [0.25, 0.3) is 0 Å². The summed E-state index contributed by atoms with van der Waals surface area (Å²) in [4.78, 5) is 11.0. The zero-order valence-corrected chi connectivity index (χ0v) is 11.1. The van der Waals surface area contributed by atoms with Crippen LogP contribution in [0.15, 0.2) is 42.7 Å². The highest BCUT2D eigenvalue weighted by atomic mass is 15.1. The number of aromatic nitrogens is 2. The summed E-state index contributed by atoms with van der Waals surface area (Å²) in [6.45, 7) is 1.18. The van der Waals surface area contributed by atoms with E-state index in [9.17, 15) is 0 Å². The van der Waals surface area contributed by atoms with Crippen molar-refractivity contribution in [2.75, 3.05) is 18.9 Å². The Bertz CT molecular complexity index is 541. The smallest absolute Gasteiger partial charge is 0.131 e. The van der Waals surface area contributed by atoms with Gasteiger partial charge in [0.2, 0.25) is 0 Å². The molecular weight excluding hydrogens is 236 g/mol. The lowest BCUT2D eigenvalue weighted by Crippen LogP contribution is -2.17. The van der Waals surface area contributed by atoms with Gasteiger partial charge in [-0.2, -0.15) is 0 Å². The molecule has 0 saturated carbocycles. The summed E-state index contributed by atoms with van der Waals surface area (Å²) >= 11 is 0. The van der Waals surface area contributed by atoms with Crippen molar-refractivity contribution in [3.05, 3.63) is 48.3 Å². The summed E-state index contributed by atoms with van der Waals surface area (Å²) in [5.41, 5.74) is 1.33. The van der Waals surface area contributed by atoms with E-state index in [1.165, 1.54) is 24.9 Å². The van der Waals surface area contributed by atoms with Crippen LogP contribution in [0.25, 0.3) is 0 Å². The van der Waals surface area contributed by atoms with Gasteiger partial charge in [-0.3, -0.25) is 4.90 Å². The Kier molecular flexibility index (Phi) is 3.42. The van der Waals surface area contributed by atoms with Crippen molar-refractivity contribution >= 4 is 11.6 Å². The molecule has 19 heavy (non-hydrogen) atoms. The van der Waals surface area contributed by atoms with E-state index in [0.29, 0.717) is 6.04 Å². The highest BCUT2D eigenvalue weighted by Gasteiger charge is 2.22. The molecule has 0 unspecified atom stereocenters. The van der Waals surface area contributed by atoms with Gasteiger partial charge in [0.05, 0.1) is 0 Å². The molecule has 4 heteroatoms. The number of hydrogen-bond donors (Lipinski definition) is 1. The molecular formula is C15H18N4. The van der Waals surface area contributed by atoms with Crippen LogP contribution in [0.3, 0.4) is 0 Å². The number of anilines is 2. The fourth-order valence-corrected chi connectivity index (χ4v) is 2.62. The minimum absolute atomic E-state index is 0.521. The zero-order valence-electron chi connectivity index (χ0n) is 11.1. The molecule has 1 fully saturated rings. The summed E-state index contributed by atoms with van der Waals surface area (Å²) in [5.74, 6) is 1.68. The Morgan fingerprint density at radius 1 is 1.16 bits per heavy atom. The van der Waals surface area contributed by atoms with Gasteiger partial charge in [-0.05, 0) is 56.3 Å². The summed E-state index contributed by atoms with van der Waals surface area (Å²) < 4.78 is 0. The number of likely N-dealkylation sites (tertiary alicyclic amines) is 1. The Balaban J connectivity index is 1.80. The topological polar surface area (TPSA) is 41.1 Å². The van der Waals surface area contributed by atoms with Crippen LogP contribution >= 0.6 is 0 Å². The second kappa shape index (κ2) is 5.36. The van der Waals surface area contributed by atoms with Crippen LogP contribution in [0, 0.1) is 0 Å². The largest absolute Gasteiger partial charge is 0.325 e. The maximum Gasteiger partial charge on any atom is 0.131 e. The van der Waals surface area contributed by atoms with Gasteiger partial charge in [-0.15, -0.1) is 0 Å². The second-order valence-electron chi connectivity index (χ2n) is 4.95. The van der Waals surface area contributed by atoms with Gasteiger partial charge < -0.3 is 5.32 Å². The van der Waals surface area contributed by atoms with Crippen molar-refractivity contribution in [3.8, 4) is 0 Å². The van der Waals surface area contributed by atoms with E-state index in [2.05, 4.69) is 39.4 Å². The van der Waals surface area contributed by atoms with Gasteiger partial charge >= 0.3 is 0 Å². The SMILES string of the molecule is CN1CCC[C@H]1c1ccnc(Nc2ccccn2)c1. The van der Waals surface area contributed by atoms with Crippen molar-refractivity contribution in [2.24, 2.45) is 0 Å². The van der Waals surface area contributed by atoms with Gasteiger partial charge in [0.15, 0.2) is 0 Å². The Labute approximate surface area is 113 Å². The van der Waals surface area contributed by atoms with E-state index in [0.717, 1.165) is 11.6 Å². The third-order valence-corrected chi connectivity index (χ3v) is 3.61. The predicted molar refractivity (Wildman–Crippen MR) is 76.4 cm³/mol. The molecule has 2 aromatic heterocycles. The van der Waals surface area contributed by atoms with Crippen molar-refractivity contribution in [3.63, 3.8) is 0 Å². The molecule has 3 rings (SSSR count). The number of pyridine rings is 2. The van der Waals surface area contributed by atoms with E-state index in [-0.39, 0.29) is 0 Å². The van der Waals surface area contributed by atoms with Crippen LogP contribution in [0.1, 0.15) is 24.4 Å². The molecule has 0 aromatic carbocycles. The summed E-state index contributed by atoms with van der Waals surface area (Å²) in [6, 6.07) is 10.6. The van der Waals surface area contributed by atoms with E-state index < -0.39 is 0 Å². The van der Waals surface area contributed by atoms with Gasteiger partial charge in [0, 0.05) is 18.4 Å². The number of nitrogens with one attached hydrogen (secondary N) is 1. The Morgan fingerprint density at radius 3 is 2.79 bits per heavy atom. The average Bonchev–Trinajstić information content (AvgIpc) is 2.86. The lowest BCUT2D eigenvalue weighted by atomic mass is 10.1. The first-order chi connectivity index (χ1) is 9.33. The average molecular weight is 254 g/mol. The zero-order chi connectivity index (χ0) is 13.1. The predicted octanol–water partition coefficient (Wildman–Crippen LogP) is 2.99. The molecule has 0 amide bonds. The molecule has 1 aliphatic heterocycles. The fourth-order valence-electron chi connectivity index (χ4n) is 2.62. The van der Waals surface area contributed by atoms with Crippen LogP contribution in [0.5, 0.6) is 0 Å². The molecule has 1 N–H and O–H groups in total. The maximum absolute atomic E-state index is 4.36. The molecule has 1 atom stereocenters. The lowest BCUT2D eigenvalue weighted by molar-refractivity contribution is 0.317. The van der Waals surface area contributed by atoms with E-state index in [1.54, 1.807) is 6.20 Å². The molecule has 2 aromatic rings. The Hall–Kier alpha value is -1.94. The highest BCUT2D eigenvalue weighted by molar-refractivity contribution is 5.52. The standard InChI is InChI=1S/C15H18N4/c1-19-10-4-5-13(19)12-7-9-17-15(11-12)18-14-6-2-3-8-16-14/h2-3,6-9,11,13H,4-5,10H2,1H3,(H,16,17,18)/t13-/m0/s1. The summed E-state index contributed by atoms with van der Waals surface area (Å²) in [6.07, 6.45) is 6.14. The first-order valence-corrected chi connectivity index (χ1v) is 6.67. The van der Waals surface area contributed by atoms with E-state index in [4.69, 9.17) is 0 Å². The van der Waals surface area contributed by atoms with Crippen molar-refractivity contribution in [1.82, 2.24) is 14.9 Å². The highest BCUT2D eigenvalue weighted by Crippen LogP contribution is 2.31. The molecule has 4 nitrogen and oxygen atoms in total. The monoisotopic (exact) mass is 254 g/mol. The van der Waals surface area contributed by atoms with Crippen molar-refractivity contribution in [2.45, 2.75) is 18.9 Å². The van der Waals surface area contributed by atoms with Crippen molar-refractivity contribution in [1.29, 1.82) is 0 Å². The lowest BCUT2D eigenvalue weighted by Gasteiger charge is -2.20. The number of nitrogens with zero attached hydrogens (tertiary/aromatic N) is 3. The van der Waals surface area contributed by atoms with E-state index >= 15 is 0 Å². The van der Waals surface area contributed by atoms with Crippen molar-refractivity contribution < 1.29 is 0 Å². The van der Waals surface area contributed by atoms with Crippen LogP contribution in [-0.2, 0) is 0 Å². The van der Waals surface area contributed by atoms with Gasteiger partial charge in [0.1, 0.15) is 11.6 Å². The fraction of sp³-hybridized carbons (Fsp3) is 0.333. The molecule has 1 saturated heterocycles. The summed E-state index contributed by atoms with van der Waals surface area (Å²) in [5, 5.41) is 3.24. The Morgan fingerprint density at radius 2 is 2.05 bits per heavy atom. The molecule has 3 heterocycles. The van der Waals surface area contributed by atoms with Crippen LogP contribution < -0.4 is 5.32 Å². The van der Waals surface area contributed by atoms with Gasteiger partial charge in [-0.25, -0.2) is 9.97 Å². The quantitative estimate of drug-likeness (QED) is 0.914. The van der Waals surface area contributed by atoms with Crippen LogP contribution in [-0.4, -0.2) is 28.5 Å². The van der Waals surface area contributed by atoms with Crippen LogP contribution in [0.4, 0.5) is 11.6 Å². The normalized spacial score (nSPS) is 19.5. The third-order valence-electron chi connectivity index (χ3n) is 3.61. The third kappa shape index (κ3) is 2.74. The number of rotatable bonds is 3. The maximum atomic E-state index is 4.36. The molecule has 0 spiro atoms. The molecule has 0 bridgehead atoms. The second-order valence-corrected chi connectivity index (χ2v) is 4.95. The molecule has 0 aliphatic carbocycles. The first kappa shape index (κ1) is 12.1. The van der Waals surface area contributed by atoms with Gasteiger partial charge in [-0.1, -0.05) is 6.07 Å². The number of hydrogen-bond acceptors (Lipinski definition) is 4.